The summed E-state index contributed by atoms with van der Waals surface area (Å²) in [5, 5.41) is 5.00. The van der Waals surface area contributed by atoms with Gasteiger partial charge in [-0.25, -0.2) is 18.9 Å². The van der Waals surface area contributed by atoms with Gasteiger partial charge in [-0.2, -0.15) is 0 Å². The van der Waals surface area contributed by atoms with Gasteiger partial charge in [-0.3, -0.25) is 4.90 Å². The first-order chi connectivity index (χ1) is 19.7. The summed E-state index contributed by atoms with van der Waals surface area (Å²) in [6, 6.07) is 17.2. The van der Waals surface area contributed by atoms with Crippen molar-refractivity contribution in [2.45, 2.75) is 25.3 Å². The van der Waals surface area contributed by atoms with Crippen LogP contribution in [0.5, 0.6) is 0 Å². The van der Waals surface area contributed by atoms with Crippen LogP contribution in [-0.2, 0) is 4.74 Å². The minimum Gasteiger partial charge on any atom is -0.380 e. The standard InChI is InChI=1S/C30H37FN8O/c31-24-6-1-5-23(21-24)26-8-3-13-38(26)30-11-10-28-33-22-27(39(28)35-30)25-7-2-9-29(34-25)37-16-14-36(15-17-37)18-20-40-19-4-12-32/h1-2,5-7,9-11,21-22,26H,3-4,8,12-20,32H2/t26-/m1/s1. The van der Waals surface area contributed by atoms with Crippen molar-refractivity contribution in [3.8, 4) is 11.4 Å². The van der Waals surface area contributed by atoms with Crippen LogP contribution < -0.4 is 15.5 Å². The van der Waals surface area contributed by atoms with Gasteiger partial charge >= 0.3 is 0 Å². The molecule has 10 heteroatoms. The van der Waals surface area contributed by atoms with Gasteiger partial charge in [0.05, 0.1) is 24.5 Å². The Morgan fingerprint density at radius 1 is 0.950 bits per heavy atom. The lowest BCUT2D eigenvalue weighted by molar-refractivity contribution is 0.101. The quantitative estimate of drug-likeness (QED) is 0.302. The molecule has 210 valence electrons. The second-order valence-electron chi connectivity index (χ2n) is 10.5. The van der Waals surface area contributed by atoms with Gasteiger partial charge in [-0.05, 0) is 67.8 Å². The number of fused-ring (bicyclic) bond motifs is 1. The van der Waals surface area contributed by atoms with E-state index in [-0.39, 0.29) is 11.9 Å². The lowest BCUT2D eigenvalue weighted by Gasteiger charge is -2.35. The van der Waals surface area contributed by atoms with Crippen molar-refractivity contribution < 1.29 is 9.13 Å². The lowest BCUT2D eigenvalue weighted by atomic mass is 10.0. The fourth-order valence-corrected chi connectivity index (χ4v) is 5.72. The molecule has 0 bridgehead atoms. The number of hydrogen-bond acceptors (Lipinski definition) is 8. The lowest BCUT2D eigenvalue weighted by Crippen LogP contribution is -2.47. The van der Waals surface area contributed by atoms with Gasteiger partial charge in [0.15, 0.2) is 5.65 Å². The Labute approximate surface area is 234 Å². The van der Waals surface area contributed by atoms with Crippen LogP contribution >= 0.6 is 0 Å². The largest absolute Gasteiger partial charge is 0.380 e. The first-order valence-electron chi connectivity index (χ1n) is 14.3. The van der Waals surface area contributed by atoms with Crippen molar-refractivity contribution in [1.82, 2.24) is 24.5 Å². The Morgan fingerprint density at radius 2 is 1.82 bits per heavy atom. The number of hydrogen-bond donors (Lipinski definition) is 1. The first-order valence-corrected chi connectivity index (χ1v) is 14.3. The van der Waals surface area contributed by atoms with Crippen LogP contribution in [0.1, 0.15) is 30.9 Å². The summed E-state index contributed by atoms with van der Waals surface area (Å²) in [5.74, 6) is 1.62. The summed E-state index contributed by atoms with van der Waals surface area (Å²) >= 11 is 0. The zero-order valence-corrected chi connectivity index (χ0v) is 22.8. The van der Waals surface area contributed by atoms with E-state index in [1.165, 1.54) is 6.07 Å². The van der Waals surface area contributed by atoms with Gasteiger partial charge in [0.2, 0.25) is 0 Å². The van der Waals surface area contributed by atoms with Crippen molar-refractivity contribution in [1.29, 1.82) is 0 Å². The number of ether oxygens (including phenoxy) is 1. The number of aromatic nitrogens is 4. The highest BCUT2D eigenvalue weighted by molar-refractivity contribution is 5.62. The SMILES string of the molecule is NCCCOCCN1CCN(c2cccc(-c3cnc4ccc(N5CCC[C@@H]5c5cccc(F)c5)nn34)n2)CC1. The number of pyridine rings is 1. The number of rotatable bonds is 10. The number of anilines is 2. The molecule has 40 heavy (non-hydrogen) atoms. The molecule has 1 aromatic carbocycles. The molecule has 0 amide bonds. The van der Waals surface area contributed by atoms with E-state index in [0.29, 0.717) is 6.54 Å². The third kappa shape index (κ3) is 5.79. The van der Waals surface area contributed by atoms with Gasteiger partial charge in [0, 0.05) is 45.9 Å². The van der Waals surface area contributed by atoms with Crippen molar-refractivity contribution in [2.75, 3.05) is 68.8 Å². The van der Waals surface area contributed by atoms with Gasteiger partial charge in [0.1, 0.15) is 23.1 Å². The smallest absolute Gasteiger partial charge is 0.154 e. The number of benzene rings is 1. The highest BCUT2D eigenvalue weighted by Gasteiger charge is 2.28. The molecule has 6 rings (SSSR count). The van der Waals surface area contributed by atoms with Gasteiger partial charge in [-0.15, -0.1) is 5.10 Å². The Morgan fingerprint density at radius 3 is 2.67 bits per heavy atom. The van der Waals surface area contributed by atoms with Crippen molar-refractivity contribution >= 4 is 17.3 Å². The monoisotopic (exact) mass is 544 g/mol. The molecule has 2 aliphatic rings. The molecule has 3 aromatic heterocycles. The van der Waals surface area contributed by atoms with Crippen LogP contribution in [0.25, 0.3) is 17.0 Å². The summed E-state index contributed by atoms with van der Waals surface area (Å²) in [5.41, 5.74) is 8.99. The normalized spacial score (nSPS) is 18.2. The van der Waals surface area contributed by atoms with Gasteiger partial charge < -0.3 is 20.3 Å². The molecule has 0 unspecified atom stereocenters. The summed E-state index contributed by atoms with van der Waals surface area (Å²) in [6.45, 7) is 7.78. The average Bonchev–Trinajstić information content (AvgIpc) is 3.65. The molecule has 2 fully saturated rings. The van der Waals surface area contributed by atoms with Crippen LogP contribution in [0.15, 0.2) is 60.8 Å². The Hall–Kier alpha value is -3.60. The molecule has 9 nitrogen and oxygen atoms in total. The molecule has 0 saturated carbocycles. The molecule has 2 aliphatic heterocycles. The first kappa shape index (κ1) is 26.6. The number of halogens is 1. The maximum atomic E-state index is 14.0. The van der Waals surface area contributed by atoms with E-state index in [9.17, 15) is 4.39 Å². The molecule has 0 radical (unpaired) electrons. The zero-order valence-electron chi connectivity index (χ0n) is 22.8. The van der Waals surface area contributed by atoms with Crippen LogP contribution in [0.2, 0.25) is 0 Å². The van der Waals surface area contributed by atoms with E-state index in [2.05, 4.69) is 31.8 Å². The van der Waals surface area contributed by atoms with E-state index >= 15 is 0 Å². The predicted octanol–water partition coefficient (Wildman–Crippen LogP) is 3.76. The van der Waals surface area contributed by atoms with Crippen molar-refractivity contribution in [2.24, 2.45) is 5.73 Å². The highest BCUT2D eigenvalue weighted by atomic mass is 19.1. The fourth-order valence-electron chi connectivity index (χ4n) is 5.72. The molecule has 2 saturated heterocycles. The summed E-state index contributed by atoms with van der Waals surface area (Å²) in [7, 11) is 0. The van der Waals surface area contributed by atoms with Crippen LogP contribution in [0.3, 0.4) is 0 Å². The summed E-state index contributed by atoms with van der Waals surface area (Å²) in [4.78, 5) is 16.7. The van der Waals surface area contributed by atoms with Gasteiger partial charge in [0.25, 0.3) is 0 Å². The summed E-state index contributed by atoms with van der Waals surface area (Å²) < 4.78 is 21.5. The number of piperazine rings is 1. The molecule has 5 heterocycles. The second-order valence-corrected chi connectivity index (χ2v) is 10.5. The van der Waals surface area contributed by atoms with E-state index in [1.54, 1.807) is 12.1 Å². The van der Waals surface area contributed by atoms with Crippen molar-refractivity contribution in [3.05, 3.63) is 72.2 Å². The third-order valence-electron chi connectivity index (χ3n) is 7.87. The van der Waals surface area contributed by atoms with E-state index < -0.39 is 0 Å². The molecule has 2 N–H and O–H groups in total. The van der Waals surface area contributed by atoms with Crippen LogP contribution in [-0.4, -0.2) is 83.5 Å². The molecule has 1 atom stereocenters. The van der Waals surface area contributed by atoms with E-state index in [4.69, 9.17) is 20.6 Å². The van der Waals surface area contributed by atoms with E-state index in [0.717, 1.165) is 106 Å². The Balaban J connectivity index is 1.17. The predicted molar refractivity (Wildman–Crippen MR) is 155 cm³/mol. The minimum atomic E-state index is -0.204. The zero-order chi connectivity index (χ0) is 27.3. The second kappa shape index (κ2) is 12.3. The van der Waals surface area contributed by atoms with E-state index in [1.807, 2.05) is 35.0 Å². The number of imidazole rings is 1. The molecule has 0 aliphatic carbocycles. The number of nitrogens with zero attached hydrogens (tertiary/aromatic N) is 7. The highest BCUT2D eigenvalue weighted by Crippen LogP contribution is 2.35. The maximum absolute atomic E-state index is 14.0. The Bertz CT molecular complexity index is 1420. The van der Waals surface area contributed by atoms with Crippen LogP contribution in [0.4, 0.5) is 16.0 Å². The molecule has 4 aromatic rings. The maximum Gasteiger partial charge on any atom is 0.154 e. The minimum absolute atomic E-state index is 0.102. The average molecular weight is 545 g/mol. The van der Waals surface area contributed by atoms with Crippen LogP contribution in [0, 0.1) is 5.82 Å². The van der Waals surface area contributed by atoms with Crippen molar-refractivity contribution in [3.63, 3.8) is 0 Å². The fraction of sp³-hybridized carbons (Fsp3) is 0.433. The summed E-state index contributed by atoms with van der Waals surface area (Å²) in [6.07, 6.45) is 4.76. The molecule has 0 spiro atoms. The number of nitrogens with two attached hydrogens (primary N) is 1. The third-order valence-corrected chi connectivity index (χ3v) is 7.87. The van der Waals surface area contributed by atoms with Gasteiger partial charge in [-0.1, -0.05) is 18.2 Å². The molecular formula is C30H37FN8O. The topological polar surface area (TPSA) is 88.0 Å². The Kier molecular flexibility index (Phi) is 8.17. The molecular weight excluding hydrogens is 507 g/mol.